The molecule has 0 amide bonds. The molecule has 1 aromatic heterocycles. The van der Waals surface area contributed by atoms with Gasteiger partial charge in [-0.25, -0.2) is 0 Å². The highest BCUT2D eigenvalue weighted by molar-refractivity contribution is 9.10. The molecule has 0 aliphatic carbocycles. The second-order valence-corrected chi connectivity index (χ2v) is 5.97. The molecule has 0 saturated carbocycles. The maximum Gasteiger partial charge on any atom is 0.0867 e. The Labute approximate surface area is 115 Å². The summed E-state index contributed by atoms with van der Waals surface area (Å²) in [6.45, 7) is 5.97. The number of pyridine rings is 1. The minimum atomic E-state index is -0.358. The van der Waals surface area contributed by atoms with Gasteiger partial charge in [0.1, 0.15) is 0 Å². The molecule has 0 aliphatic heterocycles. The number of aliphatic hydroxyl groups is 1. The quantitative estimate of drug-likeness (QED) is 0.912. The average Bonchev–Trinajstić information content (AvgIpc) is 2.30. The second-order valence-electron chi connectivity index (χ2n) is 5.11. The van der Waals surface area contributed by atoms with Gasteiger partial charge in [0.25, 0.3) is 0 Å². The molecule has 0 unspecified atom stereocenters. The van der Waals surface area contributed by atoms with Crippen LogP contribution in [0.25, 0.3) is 10.9 Å². The highest BCUT2D eigenvalue weighted by Crippen LogP contribution is 2.30. The van der Waals surface area contributed by atoms with E-state index in [2.05, 4.69) is 26.2 Å². The zero-order chi connectivity index (χ0) is 13.3. The van der Waals surface area contributed by atoms with E-state index >= 15 is 0 Å². The summed E-state index contributed by atoms with van der Waals surface area (Å²) in [6, 6.07) is 8.00. The number of rotatable bonds is 3. The van der Waals surface area contributed by atoms with Gasteiger partial charge in [0, 0.05) is 21.2 Å². The van der Waals surface area contributed by atoms with E-state index in [1.165, 1.54) is 0 Å². The fourth-order valence-electron chi connectivity index (χ4n) is 1.85. The molecule has 0 bridgehead atoms. The molecule has 2 N–H and O–H groups in total. The van der Waals surface area contributed by atoms with Crippen molar-refractivity contribution in [2.24, 2.45) is 0 Å². The fraction of sp³-hybridized carbons (Fsp3) is 0.357. The summed E-state index contributed by atoms with van der Waals surface area (Å²) in [5, 5.41) is 13.8. The van der Waals surface area contributed by atoms with Crippen LogP contribution in [0.4, 0.5) is 5.69 Å². The van der Waals surface area contributed by atoms with Crippen molar-refractivity contribution in [3.05, 3.63) is 34.4 Å². The molecule has 1 heterocycles. The third-order valence-corrected chi connectivity index (χ3v) is 3.43. The van der Waals surface area contributed by atoms with Crippen LogP contribution in [0.2, 0.25) is 0 Å². The van der Waals surface area contributed by atoms with Crippen LogP contribution in [0.5, 0.6) is 0 Å². The topological polar surface area (TPSA) is 45.1 Å². The predicted molar refractivity (Wildman–Crippen MR) is 79.0 cm³/mol. The molecule has 2 aromatic rings. The summed E-state index contributed by atoms with van der Waals surface area (Å²) >= 11 is 3.52. The van der Waals surface area contributed by atoms with Crippen molar-refractivity contribution in [1.82, 2.24) is 4.98 Å². The fourth-order valence-corrected chi connectivity index (χ4v) is 2.30. The van der Waals surface area contributed by atoms with E-state index in [-0.39, 0.29) is 12.1 Å². The lowest BCUT2D eigenvalue weighted by Crippen LogP contribution is -2.35. The number of nitrogens with zero attached hydrogens (tertiary/aromatic N) is 1. The number of fused-ring (bicyclic) bond motifs is 1. The molecule has 4 heteroatoms. The Bertz CT molecular complexity index is 581. The van der Waals surface area contributed by atoms with Crippen molar-refractivity contribution in [2.75, 3.05) is 11.9 Å². The molecule has 2 rings (SSSR count). The standard InChI is InChI=1S/C14H17BrN2O/c1-9-7-12(17-14(2,3)8-18)10-5-4-6-11(15)13(10)16-9/h4-7,18H,8H2,1-3H3,(H,16,17). The maximum absolute atomic E-state index is 9.36. The predicted octanol–water partition coefficient (Wildman–Crippen LogP) is 3.49. The van der Waals surface area contributed by atoms with Gasteiger partial charge in [0.15, 0.2) is 0 Å². The van der Waals surface area contributed by atoms with Gasteiger partial charge in [0.05, 0.1) is 17.7 Å². The van der Waals surface area contributed by atoms with Crippen LogP contribution in [-0.4, -0.2) is 22.2 Å². The van der Waals surface area contributed by atoms with E-state index in [1.54, 1.807) is 0 Å². The first kappa shape index (κ1) is 13.3. The smallest absolute Gasteiger partial charge is 0.0867 e. The number of aromatic nitrogens is 1. The van der Waals surface area contributed by atoms with E-state index in [0.717, 1.165) is 26.8 Å². The third-order valence-electron chi connectivity index (χ3n) is 2.79. The normalized spacial score (nSPS) is 11.8. The van der Waals surface area contributed by atoms with Crippen LogP contribution in [0.3, 0.4) is 0 Å². The van der Waals surface area contributed by atoms with E-state index in [0.29, 0.717) is 0 Å². The highest BCUT2D eigenvalue weighted by Gasteiger charge is 2.17. The molecular formula is C14H17BrN2O. The van der Waals surface area contributed by atoms with E-state index in [1.807, 2.05) is 45.0 Å². The first-order chi connectivity index (χ1) is 8.43. The summed E-state index contributed by atoms with van der Waals surface area (Å²) in [7, 11) is 0. The first-order valence-corrected chi connectivity index (χ1v) is 6.67. The van der Waals surface area contributed by atoms with Gasteiger partial charge in [-0.15, -0.1) is 0 Å². The van der Waals surface area contributed by atoms with Crippen molar-refractivity contribution in [3.63, 3.8) is 0 Å². The molecule has 96 valence electrons. The summed E-state index contributed by atoms with van der Waals surface area (Å²) in [6.07, 6.45) is 0. The van der Waals surface area contributed by atoms with Crippen LogP contribution in [0.1, 0.15) is 19.5 Å². The van der Waals surface area contributed by atoms with Crippen molar-refractivity contribution >= 4 is 32.5 Å². The molecular weight excluding hydrogens is 292 g/mol. The number of aryl methyl sites for hydroxylation is 1. The Morgan fingerprint density at radius 2 is 2.11 bits per heavy atom. The lowest BCUT2D eigenvalue weighted by molar-refractivity contribution is 0.234. The number of hydrogen-bond acceptors (Lipinski definition) is 3. The number of nitrogens with one attached hydrogen (secondary N) is 1. The molecule has 0 aliphatic rings. The van der Waals surface area contributed by atoms with Gasteiger partial charge in [-0.3, -0.25) is 4.98 Å². The second kappa shape index (κ2) is 4.86. The third kappa shape index (κ3) is 2.65. The number of benzene rings is 1. The zero-order valence-corrected chi connectivity index (χ0v) is 12.4. The molecule has 0 spiro atoms. The Morgan fingerprint density at radius 3 is 2.78 bits per heavy atom. The molecule has 0 radical (unpaired) electrons. The summed E-state index contributed by atoms with van der Waals surface area (Å²) < 4.78 is 0.980. The van der Waals surface area contributed by atoms with Crippen LogP contribution in [0.15, 0.2) is 28.7 Å². The minimum Gasteiger partial charge on any atom is -0.394 e. The van der Waals surface area contributed by atoms with E-state index < -0.39 is 0 Å². The van der Waals surface area contributed by atoms with E-state index in [9.17, 15) is 5.11 Å². The lowest BCUT2D eigenvalue weighted by Gasteiger charge is -2.26. The van der Waals surface area contributed by atoms with Crippen molar-refractivity contribution in [3.8, 4) is 0 Å². The zero-order valence-electron chi connectivity index (χ0n) is 10.8. The average molecular weight is 309 g/mol. The summed E-state index contributed by atoms with van der Waals surface area (Å²) in [4.78, 5) is 4.54. The van der Waals surface area contributed by atoms with Crippen LogP contribution < -0.4 is 5.32 Å². The van der Waals surface area contributed by atoms with Crippen LogP contribution in [0, 0.1) is 6.92 Å². The lowest BCUT2D eigenvalue weighted by atomic mass is 10.1. The number of hydrogen-bond donors (Lipinski definition) is 2. The van der Waals surface area contributed by atoms with Crippen molar-refractivity contribution in [1.29, 1.82) is 0 Å². The van der Waals surface area contributed by atoms with Gasteiger partial charge in [0.2, 0.25) is 0 Å². The Hall–Kier alpha value is -1.13. The summed E-state index contributed by atoms with van der Waals surface area (Å²) in [5.74, 6) is 0. The largest absolute Gasteiger partial charge is 0.394 e. The van der Waals surface area contributed by atoms with Gasteiger partial charge >= 0.3 is 0 Å². The Kier molecular flexibility index (Phi) is 3.59. The minimum absolute atomic E-state index is 0.0733. The Morgan fingerprint density at radius 1 is 1.39 bits per heavy atom. The molecule has 1 aromatic carbocycles. The van der Waals surface area contributed by atoms with Gasteiger partial charge in [-0.1, -0.05) is 12.1 Å². The van der Waals surface area contributed by atoms with Crippen LogP contribution >= 0.6 is 15.9 Å². The van der Waals surface area contributed by atoms with Crippen molar-refractivity contribution in [2.45, 2.75) is 26.3 Å². The first-order valence-electron chi connectivity index (χ1n) is 5.88. The van der Waals surface area contributed by atoms with E-state index in [4.69, 9.17) is 0 Å². The number of halogens is 1. The molecule has 18 heavy (non-hydrogen) atoms. The number of anilines is 1. The molecule has 3 nitrogen and oxygen atoms in total. The Balaban J connectivity index is 2.60. The van der Waals surface area contributed by atoms with Crippen LogP contribution in [-0.2, 0) is 0 Å². The molecule has 0 saturated heterocycles. The SMILES string of the molecule is Cc1cc(NC(C)(C)CO)c2cccc(Br)c2n1. The van der Waals surface area contributed by atoms with Gasteiger partial charge in [-0.05, 0) is 48.8 Å². The van der Waals surface area contributed by atoms with Gasteiger partial charge < -0.3 is 10.4 Å². The maximum atomic E-state index is 9.36. The summed E-state index contributed by atoms with van der Waals surface area (Å²) in [5.41, 5.74) is 2.53. The molecule has 0 atom stereocenters. The van der Waals surface area contributed by atoms with Crippen molar-refractivity contribution < 1.29 is 5.11 Å². The monoisotopic (exact) mass is 308 g/mol. The molecule has 0 fully saturated rings. The highest BCUT2D eigenvalue weighted by atomic mass is 79.9. The number of para-hydroxylation sites is 1. The number of aliphatic hydroxyl groups excluding tert-OH is 1. The van der Waals surface area contributed by atoms with Gasteiger partial charge in [-0.2, -0.15) is 0 Å².